The number of carbonyl (C=O) groups is 3. The summed E-state index contributed by atoms with van der Waals surface area (Å²) in [5.41, 5.74) is 0. The zero-order valence-corrected chi connectivity index (χ0v) is 11.3. The normalized spacial score (nSPS) is 22.6. The first-order chi connectivity index (χ1) is 8.50. The van der Waals surface area contributed by atoms with Gasteiger partial charge in [-0.3, -0.25) is 19.3 Å². The Morgan fingerprint density at radius 3 is 2.78 bits per heavy atom. The first-order valence-electron chi connectivity index (χ1n) is 5.34. The highest BCUT2D eigenvalue weighted by Gasteiger charge is 2.48. The smallest absolute Gasteiger partial charge is 0.255 e. The molecule has 1 fully saturated rings. The minimum absolute atomic E-state index is 0.238. The Morgan fingerprint density at radius 1 is 1.56 bits per heavy atom. The lowest BCUT2D eigenvalue weighted by atomic mass is 10.1. The molecule has 96 valence electrons. The fourth-order valence-electron chi connectivity index (χ4n) is 1.75. The van der Waals surface area contributed by atoms with Gasteiger partial charge >= 0.3 is 0 Å². The summed E-state index contributed by atoms with van der Waals surface area (Å²) in [5, 5.41) is 3.90. The first-order valence-corrected chi connectivity index (χ1v) is 6.73. The van der Waals surface area contributed by atoms with Gasteiger partial charge < -0.3 is 5.32 Å². The molecule has 18 heavy (non-hydrogen) atoms. The minimum atomic E-state index is -0.704. The van der Waals surface area contributed by atoms with Gasteiger partial charge in [-0.05, 0) is 11.4 Å². The second kappa shape index (κ2) is 5.11. The largest absolute Gasteiger partial charge is 0.341 e. The Hall–Kier alpha value is -1.34. The van der Waals surface area contributed by atoms with Crippen LogP contribution in [0.4, 0.5) is 0 Å². The molecule has 1 aromatic rings. The highest BCUT2D eigenvalue weighted by atomic mass is 32.1. The highest BCUT2D eigenvalue weighted by Crippen LogP contribution is 2.23. The number of hydrogen-bond donors (Lipinski definition) is 2. The monoisotopic (exact) mass is 284 g/mol. The number of β-lactam (4-membered cyclic amide) rings is 1. The minimum Gasteiger partial charge on any atom is -0.341 e. The van der Waals surface area contributed by atoms with Crippen molar-refractivity contribution in [2.24, 2.45) is 0 Å². The van der Waals surface area contributed by atoms with Crippen LogP contribution in [0.5, 0.6) is 0 Å². The molecule has 0 aromatic carbocycles. The van der Waals surface area contributed by atoms with Crippen LogP contribution in [0.1, 0.15) is 11.8 Å². The van der Waals surface area contributed by atoms with E-state index in [-0.39, 0.29) is 18.2 Å². The third kappa shape index (κ3) is 2.41. The van der Waals surface area contributed by atoms with Crippen molar-refractivity contribution in [2.45, 2.75) is 24.8 Å². The van der Waals surface area contributed by atoms with Crippen molar-refractivity contribution in [2.75, 3.05) is 0 Å². The lowest BCUT2D eigenvalue weighted by molar-refractivity contribution is -0.157. The Bertz CT molecular complexity index is 486. The SMILES string of the molecule is CC(=O)N1C(=O)C(NC(=O)Cc2cccs2)C1S. The number of thiol groups is 1. The van der Waals surface area contributed by atoms with Crippen LogP contribution in [0.25, 0.3) is 0 Å². The van der Waals surface area contributed by atoms with Crippen LogP contribution in [-0.4, -0.2) is 34.0 Å². The number of amides is 3. The van der Waals surface area contributed by atoms with Crippen LogP contribution in [0.2, 0.25) is 0 Å². The Labute approximate surface area is 114 Å². The van der Waals surface area contributed by atoms with Crippen LogP contribution in [0, 0.1) is 0 Å². The van der Waals surface area contributed by atoms with E-state index in [0.29, 0.717) is 0 Å². The van der Waals surface area contributed by atoms with Crippen LogP contribution in [0.3, 0.4) is 0 Å². The van der Waals surface area contributed by atoms with Crippen molar-refractivity contribution in [3.63, 3.8) is 0 Å². The van der Waals surface area contributed by atoms with Gasteiger partial charge in [0.1, 0.15) is 11.4 Å². The maximum atomic E-state index is 11.7. The number of rotatable bonds is 3. The number of carbonyl (C=O) groups excluding carboxylic acids is 3. The summed E-state index contributed by atoms with van der Waals surface area (Å²) in [6.07, 6.45) is 0.238. The van der Waals surface area contributed by atoms with Gasteiger partial charge in [0.2, 0.25) is 11.8 Å². The molecule has 0 aliphatic carbocycles. The van der Waals surface area contributed by atoms with Crippen LogP contribution in [0.15, 0.2) is 17.5 Å². The summed E-state index contributed by atoms with van der Waals surface area (Å²) < 4.78 is 0. The molecule has 2 unspecified atom stereocenters. The van der Waals surface area contributed by atoms with E-state index < -0.39 is 17.3 Å². The lowest BCUT2D eigenvalue weighted by Crippen LogP contribution is -2.69. The Morgan fingerprint density at radius 2 is 2.28 bits per heavy atom. The summed E-state index contributed by atoms with van der Waals surface area (Å²) in [6.45, 7) is 1.30. The van der Waals surface area contributed by atoms with E-state index in [2.05, 4.69) is 17.9 Å². The molecule has 1 aliphatic heterocycles. The second-order valence-corrected chi connectivity index (χ2v) is 5.50. The van der Waals surface area contributed by atoms with E-state index in [9.17, 15) is 14.4 Å². The van der Waals surface area contributed by atoms with Crippen molar-refractivity contribution in [3.05, 3.63) is 22.4 Å². The van der Waals surface area contributed by atoms with E-state index in [1.54, 1.807) is 0 Å². The quantitative estimate of drug-likeness (QED) is 0.624. The second-order valence-electron chi connectivity index (χ2n) is 3.94. The van der Waals surface area contributed by atoms with Gasteiger partial charge in [0.05, 0.1) is 6.42 Å². The van der Waals surface area contributed by atoms with Gasteiger partial charge in [0.15, 0.2) is 0 Å². The number of nitrogens with one attached hydrogen (secondary N) is 1. The van der Waals surface area contributed by atoms with Crippen molar-refractivity contribution in [1.29, 1.82) is 0 Å². The predicted molar refractivity (Wildman–Crippen MR) is 70.3 cm³/mol. The fourth-order valence-corrected chi connectivity index (χ4v) is 2.93. The summed E-state index contributed by atoms with van der Waals surface area (Å²) in [5.74, 6) is -0.996. The fraction of sp³-hybridized carbons (Fsp3) is 0.364. The van der Waals surface area contributed by atoms with Crippen molar-refractivity contribution in [3.8, 4) is 0 Å². The molecule has 1 N–H and O–H groups in total. The summed E-state index contributed by atoms with van der Waals surface area (Å²) in [7, 11) is 0. The zero-order chi connectivity index (χ0) is 13.3. The van der Waals surface area contributed by atoms with E-state index in [1.165, 1.54) is 18.3 Å². The molecule has 0 spiro atoms. The summed E-state index contributed by atoms with van der Waals surface area (Å²) in [4.78, 5) is 36.3. The molecule has 2 heterocycles. The van der Waals surface area contributed by atoms with Gasteiger partial charge in [0, 0.05) is 11.8 Å². The third-order valence-electron chi connectivity index (χ3n) is 2.64. The molecule has 1 aliphatic rings. The number of thiophene rings is 1. The van der Waals surface area contributed by atoms with E-state index in [0.717, 1.165) is 9.78 Å². The number of likely N-dealkylation sites (tertiary alicyclic amines) is 1. The van der Waals surface area contributed by atoms with E-state index in [4.69, 9.17) is 0 Å². The molecule has 1 aromatic heterocycles. The van der Waals surface area contributed by atoms with Gasteiger partial charge in [-0.25, -0.2) is 0 Å². The van der Waals surface area contributed by atoms with Gasteiger partial charge in [0.25, 0.3) is 5.91 Å². The summed E-state index contributed by atoms with van der Waals surface area (Å²) >= 11 is 5.62. The topological polar surface area (TPSA) is 66.5 Å². The lowest BCUT2D eigenvalue weighted by Gasteiger charge is -2.42. The standard InChI is InChI=1S/C11H12N2O3S2/c1-6(14)13-10(16)9(11(13)17)12-8(15)5-7-3-2-4-18-7/h2-4,9,11,17H,5H2,1H3,(H,12,15). The van der Waals surface area contributed by atoms with Gasteiger partial charge in [-0.2, -0.15) is 12.6 Å². The highest BCUT2D eigenvalue weighted by molar-refractivity contribution is 7.81. The zero-order valence-electron chi connectivity index (χ0n) is 9.62. The Balaban J connectivity index is 1.90. The average molecular weight is 284 g/mol. The molecule has 2 rings (SSSR count). The molecular weight excluding hydrogens is 272 g/mol. The third-order valence-corrected chi connectivity index (χ3v) is 4.04. The molecule has 3 amide bonds. The molecule has 0 saturated carbocycles. The molecule has 7 heteroatoms. The molecule has 2 atom stereocenters. The first kappa shape index (κ1) is 13.1. The maximum absolute atomic E-state index is 11.7. The predicted octanol–water partition coefficient (Wildman–Crippen LogP) is 0.420. The van der Waals surface area contributed by atoms with E-state index >= 15 is 0 Å². The van der Waals surface area contributed by atoms with Crippen LogP contribution in [-0.2, 0) is 20.8 Å². The summed E-state index contributed by atoms with van der Waals surface area (Å²) in [6, 6.07) is 3.01. The molecular formula is C11H12N2O3S2. The molecule has 0 radical (unpaired) electrons. The van der Waals surface area contributed by atoms with Gasteiger partial charge in [-0.15, -0.1) is 11.3 Å². The van der Waals surface area contributed by atoms with Crippen molar-refractivity contribution in [1.82, 2.24) is 10.2 Å². The van der Waals surface area contributed by atoms with Crippen LogP contribution >= 0.6 is 24.0 Å². The van der Waals surface area contributed by atoms with Crippen molar-refractivity contribution < 1.29 is 14.4 Å². The number of nitrogens with zero attached hydrogens (tertiary/aromatic N) is 1. The molecule has 5 nitrogen and oxygen atoms in total. The van der Waals surface area contributed by atoms with E-state index in [1.807, 2.05) is 17.5 Å². The Kier molecular flexibility index (Phi) is 3.72. The average Bonchev–Trinajstić information content (AvgIpc) is 2.78. The van der Waals surface area contributed by atoms with Crippen molar-refractivity contribution >= 4 is 41.7 Å². The van der Waals surface area contributed by atoms with Gasteiger partial charge in [-0.1, -0.05) is 6.07 Å². The van der Waals surface area contributed by atoms with Crippen LogP contribution < -0.4 is 5.32 Å². The maximum Gasteiger partial charge on any atom is 0.255 e. The molecule has 0 bridgehead atoms. The number of hydrogen-bond acceptors (Lipinski definition) is 5. The molecule has 1 saturated heterocycles. The number of imide groups is 1.